The van der Waals surface area contributed by atoms with Gasteiger partial charge in [-0.1, -0.05) is 72.1 Å². The fourth-order valence-electron chi connectivity index (χ4n) is 2.07. The Balaban J connectivity index is 3.22. The van der Waals surface area contributed by atoms with Crippen LogP contribution in [0.5, 0.6) is 0 Å². The highest BCUT2D eigenvalue weighted by atomic mass is 16.1. The highest BCUT2D eigenvalue weighted by molar-refractivity contribution is 5.53. The van der Waals surface area contributed by atoms with Gasteiger partial charge in [-0.25, -0.2) is 0 Å². The third kappa shape index (κ3) is 8.94. The third-order valence-corrected chi connectivity index (χ3v) is 3.42. The molecule has 0 N–H and O–H groups in total. The highest BCUT2D eigenvalue weighted by Crippen LogP contribution is 2.17. The fraction of sp³-hybridized carbons (Fsp3) is 0.933. The largest absolute Gasteiger partial charge is 0.303 e. The molecular formula is C15H30O. The second kappa shape index (κ2) is 11.2. The lowest BCUT2D eigenvalue weighted by Gasteiger charge is -2.13. The van der Waals surface area contributed by atoms with Crippen LogP contribution in [-0.2, 0) is 4.79 Å². The molecule has 0 bridgehead atoms. The number of hydrogen-bond donors (Lipinski definition) is 0. The maximum atomic E-state index is 10.8. The second-order valence-electron chi connectivity index (χ2n) is 5.31. The van der Waals surface area contributed by atoms with Crippen molar-refractivity contribution in [3.63, 3.8) is 0 Å². The molecule has 1 atom stereocenters. The Morgan fingerprint density at radius 2 is 1.38 bits per heavy atom. The minimum atomic E-state index is 0.292. The number of unbranched alkanes of at least 4 members (excludes halogenated alkanes) is 7. The Bertz CT molecular complexity index is 152. The zero-order valence-corrected chi connectivity index (χ0v) is 11.5. The summed E-state index contributed by atoms with van der Waals surface area (Å²) in [5.74, 6) is 0.808. The van der Waals surface area contributed by atoms with Crippen molar-refractivity contribution in [2.75, 3.05) is 0 Å². The number of carbonyl (C=O) groups is 1. The molecule has 0 saturated heterocycles. The van der Waals surface area contributed by atoms with Crippen LogP contribution in [0.1, 0.15) is 78.6 Å². The van der Waals surface area contributed by atoms with E-state index in [-0.39, 0.29) is 0 Å². The molecule has 96 valence electrons. The maximum Gasteiger partial charge on any atom is 0.123 e. The molecule has 0 radical (unpaired) electrons. The molecule has 0 aliphatic heterocycles. The van der Waals surface area contributed by atoms with E-state index < -0.39 is 0 Å². The summed E-state index contributed by atoms with van der Waals surface area (Å²) in [6.45, 7) is 6.54. The molecular weight excluding hydrogens is 196 g/mol. The number of hydrogen-bond acceptors (Lipinski definition) is 1. The average Bonchev–Trinajstić information content (AvgIpc) is 2.26. The molecule has 1 heteroatoms. The van der Waals surface area contributed by atoms with Crippen LogP contribution in [-0.4, -0.2) is 6.29 Å². The van der Waals surface area contributed by atoms with Crippen molar-refractivity contribution < 1.29 is 4.79 Å². The lowest BCUT2D eigenvalue weighted by atomic mass is 9.91. The van der Waals surface area contributed by atoms with E-state index in [0.29, 0.717) is 11.8 Å². The van der Waals surface area contributed by atoms with E-state index in [1.54, 1.807) is 0 Å². The molecule has 16 heavy (non-hydrogen) atoms. The molecule has 0 spiro atoms. The Morgan fingerprint density at radius 1 is 0.875 bits per heavy atom. The molecule has 0 rings (SSSR count). The van der Waals surface area contributed by atoms with Crippen molar-refractivity contribution in [3.8, 4) is 0 Å². The summed E-state index contributed by atoms with van der Waals surface area (Å²) in [4.78, 5) is 10.8. The van der Waals surface area contributed by atoms with Crippen LogP contribution >= 0.6 is 0 Å². The number of carbonyl (C=O) groups excluding carboxylic acids is 1. The molecule has 0 aromatic rings. The van der Waals surface area contributed by atoms with Gasteiger partial charge in [-0.2, -0.15) is 0 Å². The molecule has 1 unspecified atom stereocenters. The Hall–Kier alpha value is -0.330. The lowest BCUT2D eigenvalue weighted by molar-refractivity contribution is -0.112. The van der Waals surface area contributed by atoms with Gasteiger partial charge in [0.1, 0.15) is 6.29 Å². The second-order valence-corrected chi connectivity index (χ2v) is 5.31. The zero-order chi connectivity index (χ0) is 12.2. The molecule has 0 aromatic heterocycles. The molecule has 0 heterocycles. The summed E-state index contributed by atoms with van der Waals surface area (Å²) in [6, 6.07) is 0. The molecule has 0 saturated carbocycles. The van der Waals surface area contributed by atoms with Gasteiger partial charge in [0, 0.05) is 5.92 Å². The van der Waals surface area contributed by atoms with Crippen molar-refractivity contribution in [2.45, 2.75) is 78.6 Å². The molecule has 0 amide bonds. The topological polar surface area (TPSA) is 17.1 Å². The summed E-state index contributed by atoms with van der Waals surface area (Å²) in [6.07, 6.45) is 13.0. The van der Waals surface area contributed by atoms with Crippen LogP contribution in [0.25, 0.3) is 0 Å². The molecule has 0 aliphatic rings. The molecule has 0 fully saturated rings. The number of aldehydes is 1. The van der Waals surface area contributed by atoms with Crippen LogP contribution < -0.4 is 0 Å². The van der Waals surface area contributed by atoms with Gasteiger partial charge in [-0.05, 0) is 12.3 Å². The molecule has 1 nitrogen and oxygen atoms in total. The Morgan fingerprint density at radius 3 is 1.81 bits per heavy atom. The van der Waals surface area contributed by atoms with Crippen molar-refractivity contribution in [1.82, 2.24) is 0 Å². The zero-order valence-electron chi connectivity index (χ0n) is 11.5. The van der Waals surface area contributed by atoms with E-state index >= 15 is 0 Å². The van der Waals surface area contributed by atoms with E-state index in [2.05, 4.69) is 20.8 Å². The van der Waals surface area contributed by atoms with Gasteiger partial charge in [0.15, 0.2) is 0 Å². The van der Waals surface area contributed by atoms with Gasteiger partial charge in [-0.3, -0.25) is 0 Å². The first kappa shape index (κ1) is 15.7. The first-order valence-electron chi connectivity index (χ1n) is 7.17. The van der Waals surface area contributed by atoms with E-state index in [1.165, 1.54) is 51.4 Å². The minimum absolute atomic E-state index is 0.292. The van der Waals surface area contributed by atoms with E-state index in [1.807, 2.05) is 0 Å². The van der Waals surface area contributed by atoms with Crippen molar-refractivity contribution >= 4 is 6.29 Å². The highest BCUT2D eigenvalue weighted by Gasteiger charge is 2.10. The first-order chi connectivity index (χ1) is 7.72. The Labute approximate surface area is 102 Å². The van der Waals surface area contributed by atoms with Crippen molar-refractivity contribution in [1.29, 1.82) is 0 Å². The van der Waals surface area contributed by atoms with E-state index in [9.17, 15) is 4.79 Å². The van der Waals surface area contributed by atoms with Crippen LogP contribution in [0, 0.1) is 11.8 Å². The lowest BCUT2D eigenvalue weighted by Crippen LogP contribution is -2.09. The number of rotatable bonds is 11. The third-order valence-electron chi connectivity index (χ3n) is 3.42. The minimum Gasteiger partial charge on any atom is -0.303 e. The van der Waals surface area contributed by atoms with Crippen LogP contribution in [0.4, 0.5) is 0 Å². The van der Waals surface area contributed by atoms with Crippen molar-refractivity contribution in [2.24, 2.45) is 11.8 Å². The van der Waals surface area contributed by atoms with Gasteiger partial charge < -0.3 is 4.79 Å². The predicted octanol–water partition coefficient (Wildman–Crippen LogP) is 4.99. The van der Waals surface area contributed by atoms with E-state index in [0.717, 1.165) is 12.7 Å². The smallest absolute Gasteiger partial charge is 0.123 e. The predicted molar refractivity (Wildman–Crippen MR) is 71.6 cm³/mol. The van der Waals surface area contributed by atoms with Gasteiger partial charge >= 0.3 is 0 Å². The van der Waals surface area contributed by atoms with Crippen LogP contribution in [0.2, 0.25) is 0 Å². The van der Waals surface area contributed by atoms with Crippen molar-refractivity contribution in [3.05, 3.63) is 0 Å². The Kier molecular flexibility index (Phi) is 10.9. The summed E-state index contributed by atoms with van der Waals surface area (Å²) in [7, 11) is 0. The fourth-order valence-corrected chi connectivity index (χ4v) is 2.07. The van der Waals surface area contributed by atoms with E-state index in [4.69, 9.17) is 0 Å². The maximum absolute atomic E-state index is 10.8. The SMILES string of the molecule is CCCCCCCCCCC(C=O)C(C)C. The first-order valence-corrected chi connectivity index (χ1v) is 7.17. The summed E-state index contributed by atoms with van der Waals surface area (Å²) >= 11 is 0. The van der Waals surface area contributed by atoms with Crippen LogP contribution in [0.15, 0.2) is 0 Å². The van der Waals surface area contributed by atoms with Gasteiger partial charge in [0.05, 0.1) is 0 Å². The normalized spacial score (nSPS) is 13.0. The monoisotopic (exact) mass is 226 g/mol. The summed E-state index contributed by atoms with van der Waals surface area (Å²) in [5, 5.41) is 0. The van der Waals surface area contributed by atoms with Gasteiger partial charge in [-0.15, -0.1) is 0 Å². The molecule has 0 aliphatic carbocycles. The summed E-state index contributed by atoms with van der Waals surface area (Å²) in [5.41, 5.74) is 0. The average molecular weight is 226 g/mol. The molecule has 0 aromatic carbocycles. The van der Waals surface area contributed by atoms with Gasteiger partial charge in [0.2, 0.25) is 0 Å². The van der Waals surface area contributed by atoms with Gasteiger partial charge in [0.25, 0.3) is 0 Å². The summed E-state index contributed by atoms with van der Waals surface area (Å²) < 4.78 is 0. The standard InChI is InChI=1S/C15H30O/c1-4-5-6-7-8-9-10-11-12-15(13-16)14(2)3/h13-15H,4-12H2,1-3H3. The van der Waals surface area contributed by atoms with Crippen LogP contribution in [0.3, 0.4) is 0 Å². The quantitative estimate of drug-likeness (QED) is 0.358.